The van der Waals surface area contributed by atoms with Crippen molar-refractivity contribution in [1.82, 2.24) is 9.80 Å². The molecule has 3 amide bonds. The van der Waals surface area contributed by atoms with Gasteiger partial charge in [0.25, 0.3) is 0 Å². The first-order chi connectivity index (χ1) is 15.2. The lowest BCUT2D eigenvalue weighted by atomic mass is 9.92. The Morgan fingerprint density at radius 3 is 2.65 bits per heavy atom. The number of fused-ring (bicyclic) bond motifs is 1. The first-order valence-electron chi connectivity index (χ1n) is 10.7. The summed E-state index contributed by atoms with van der Waals surface area (Å²) in [5.74, 6) is 0.0189. The maximum absolute atomic E-state index is 13.7. The Hall–Kier alpha value is -2.64. The third kappa shape index (κ3) is 4.12. The van der Waals surface area contributed by atoms with Gasteiger partial charge in [0.1, 0.15) is 0 Å². The van der Waals surface area contributed by atoms with E-state index in [0.717, 1.165) is 31.5 Å². The van der Waals surface area contributed by atoms with E-state index >= 15 is 0 Å². The Balaban J connectivity index is 1.32. The first kappa shape index (κ1) is 20.3. The number of rotatable bonds is 3. The zero-order chi connectivity index (χ0) is 21.2. The Kier molecular flexibility index (Phi) is 5.78. The maximum Gasteiger partial charge on any atom is 0.321 e. The quantitative estimate of drug-likeness (QED) is 0.593. The number of likely N-dealkylation sites (tertiary alicyclic amines) is 1. The summed E-state index contributed by atoms with van der Waals surface area (Å²) >= 11 is 3.49. The topological polar surface area (TPSA) is 52.7 Å². The van der Waals surface area contributed by atoms with Gasteiger partial charge in [0.05, 0.1) is 12.0 Å². The van der Waals surface area contributed by atoms with E-state index in [4.69, 9.17) is 0 Å². The molecule has 1 aromatic carbocycles. The molecule has 5 rings (SSSR count). The van der Waals surface area contributed by atoms with Gasteiger partial charge < -0.3 is 15.1 Å². The lowest BCUT2D eigenvalue weighted by molar-refractivity contribution is -0.139. The lowest BCUT2D eigenvalue weighted by Crippen LogP contribution is -2.50. The van der Waals surface area contributed by atoms with Crippen molar-refractivity contribution < 1.29 is 9.59 Å². The molecule has 4 heterocycles. The van der Waals surface area contributed by atoms with Crippen LogP contribution >= 0.6 is 22.7 Å². The molecule has 2 unspecified atom stereocenters. The number of hydrogen-bond donors (Lipinski definition) is 1. The van der Waals surface area contributed by atoms with Crippen LogP contribution in [-0.4, -0.2) is 41.4 Å². The normalized spacial score (nSPS) is 20.9. The molecule has 2 aliphatic rings. The molecule has 1 fully saturated rings. The van der Waals surface area contributed by atoms with Crippen molar-refractivity contribution in [2.75, 3.05) is 25.0 Å². The number of hydrogen-bond acceptors (Lipinski definition) is 4. The fourth-order valence-electron chi connectivity index (χ4n) is 4.63. The number of nitrogens with zero attached hydrogens (tertiary/aromatic N) is 2. The van der Waals surface area contributed by atoms with Gasteiger partial charge in [0.2, 0.25) is 5.91 Å². The van der Waals surface area contributed by atoms with E-state index in [1.165, 1.54) is 15.3 Å². The summed E-state index contributed by atoms with van der Waals surface area (Å²) in [4.78, 5) is 32.9. The Morgan fingerprint density at radius 2 is 1.84 bits per heavy atom. The number of carbonyl (C=O) groups excluding carboxylic acids is 2. The zero-order valence-corrected chi connectivity index (χ0v) is 18.8. The molecule has 2 aromatic heterocycles. The van der Waals surface area contributed by atoms with Crippen LogP contribution in [0, 0.1) is 5.92 Å². The number of nitrogens with one attached hydrogen (secondary N) is 1. The summed E-state index contributed by atoms with van der Waals surface area (Å²) in [6.45, 7) is 1.90. The van der Waals surface area contributed by atoms with Crippen molar-refractivity contribution >= 4 is 40.3 Å². The second-order valence-electron chi connectivity index (χ2n) is 8.08. The van der Waals surface area contributed by atoms with Gasteiger partial charge in [-0.25, -0.2) is 4.79 Å². The summed E-state index contributed by atoms with van der Waals surface area (Å²) in [5.41, 5.74) is 2.04. The molecule has 5 nitrogen and oxygen atoms in total. The van der Waals surface area contributed by atoms with Crippen LogP contribution in [0.25, 0.3) is 0 Å². The van der Waals surface area contributed by atoms with Crippen LogP contribution in [0.2, 0.25) is 0 Å². The number of carbonyl (C=O) groups is 2. The molecule has 2 atom stereocenters. The second kappa shape index (κ2) is 8.85. The minimum Gasteiger partial charge on any atom is -0.330 e. The maximum atomic E-state index is 13.7. The molecule has 0 radical (unpaired) electrons. The lowest BCUT2D eigenvalue weighted by Gasteiger charge is -2.40. The fourth-order valence-corrected chi connectivity index (χ4v) is 6.39. The molecule has 0 bridgehead atoms. The summed E-state index contributed by atoms with van der Waals surface area (Å²) in [6, 6.07) is 15.7. The van der Waals surface area contributed by atoms with Gasteiger partial charge in [0, 0.05) is 35.1 Å². The van der Waals surface area contributed by atoms with Gasteiger partial charge >= 0.3 is 6.03 Å². The number of urea groups is 1. The molecule has 31 heavy (non-hydrogen) atoms. The molecule has 0 saturated carbocycles. The third-order valence-corrected chi connectivity index (χ3v) is 8.07. The van der Waals surface area contributed by atoms with Crippen molar-refractivity contribution in [1.29, 1.82) is 0 Å². The van der Waals surface area contributed by atoms with Crippen LogP contribution in [0.3, 0.4) is 0 Å². The van der Waals surface area contributed by atoms with Crippen molar-refractivity contribution in [3.05, 3.63) is 74.6 Å². The molecule has 1 N–H and O–H groups in total. The van der Waals surface area contributed by atoms with Gasteiger partial charge in [-0.05, 0) is 59.9 Å². The van der Waals surface area contributed by atoms with Crippen molar-refractivity contribution in [2.45, 2.75) is 25.3 Å². The number of benzene rings is 1. The number of para-hydroxylation sites is 1. The molecular formula is C24H25N3O2S2. The highest BCUT2D eigenvalue weighted by Gasteiger charge is 2.38. The Labute approximate surface area is 190 Å². The van der Waals surface area contributed by atoms with E-state index in [-0.39, 0.29) is 23.9 Å². The monoisotopic (exact) mass is 451 g/mol. The van der Waals surface area contributed by atoms with Gasteiger partial charge in [-0.2, -0.15) is 0 Å². The van der Waals surface area contributed by atoms with Crippen LogP contribution < -0.4 is 5.32 Å². The van der Waals surface area contributed by atoms with Gasteiger partial charge in [-0.3, -0.25) is 4.79 Å². The molecule has 1 saturated heterocycles. The van der Waals surface area contributed by atoms with Crippen LogP contribution in [0.5, 0.6) is 0 Å². The number of piperidine rings is 1. The SMILES string of the molecule is O=C(Nc1ccccc1)N1CCCC(C(=O)N2CCc3sccc3C2c2cccs2)C1. The van der Waals surface area contributed by atoms with Gasteiger partial charge in [-0.15, -0.1) is 22.7 Å². The average molecular weight is 452 g/mol. The van der Waals surface area contributed by atoms with E-state index in [1.54, 1.807) is 27.6 Å². The largest absolute Gasteiger partial charge is 0.330 e. The van der Waals surface area contributed by atoms with E-state index in [2.05, 4.69) is 39.2 Å². The molecular weight excluding hydrogens is 426 g/mol. The van der Waals surface area contributed by atoms with Crippen LogP contribution in [0.1, 0.15) is 34.2 Å². The predicted molar refractivity (Wildman–Crippen MR) is 126 cm³/mol. The van der Waals surface area contributed by atoms with Gasteiger partial charge in [0.15, 0.2) is 0 Å². The fraction of sp³-hybridized carbons (Fsp3) is 0.333. The summed E-state index contributed by atoms with van der Waals surface area (Å²) < 4.78 is 0. The number of thiophene rings is 2. The highest BCUT2D eigenvalue weighted by Crippen LogP contribution is 2.40. The second-order valence-corrected chi connectivity index (χ2v) is 10.1. The summed E-state index contributed by atoms with van der Waals surface area (Å²) in [6.07, 6.45) is 2.59. The minimum absolute atomic E-state index is 0.00368. The number of anilines is 1. The number of amides is 3. The smallest absolute Gasteiger partial charge is 0.321 e. The van der Waals surface area contributed by atoms with E-state index in [1.807, 2.05) is 30.3 Å². The highest BCUT2D eigenvalue weighted by atomic mass is 32.1. The van der Waals surface area contributed by atoms with Crippen molar-refractivity contribution in [3.63, 3.8) is 0 Å². The molecule has 2 aliphatic heterocycles. The van der Waals surface area contributed by atoms with Crippen LogP contribution in [0.15, 0.2) is 59.3 Å². The summed E-state index contributed by atoms with van der Waals surface area (Å²) in [7, 11) is 0. The molecule has 3 aromatic rings. The molecule has 0 spiro atoms. The average Bonchev–Trinajstić information content (AvgIpc) is 3.51. The molecule has 7 heteroatoms. The standard InChI is InChI=1S/C24H25N3O2S2/c28-23(17-6-4-12-26(16-17)24(29)25-18-7-2-1-3-8-18)27-13-10-20-19(11-15-31-20)22(27)21-9-5-14-30-21/h1-3,5,7-9,11,14-15,17,22H,4,6,10,12-13,16H2,(H,25,29). The van der Waals surface area contributed by atoms with Gasteiger partial charge in [-0.1, -0.05) is 24.3 Å². The minimum atomic E-state index is -0.155. The summed E-state index contributed by atoms with van der Waals surface area (Å²) in [5, 5.41) is 7.17. The molecule has 0 aliphatic carbocycles. The van der Waals surface area contributed by atoms with E-state index < -0.39 is 0 Å². The van der Waals surface area contributed by atoms with E-state index in [0.29, 0.717) is 13.1 Å². The molecule has 160 valence electrons. The Morgan fingerprint density at radius 1 is 0.968 bits per heavy atom. The van der Waals surface area contributed by atoms with Crippen LogP contribution in [-0.2, 0) is 11.2 Å². The zero-order valence-electron chi connectivity index (χ0n) is 17.2. The predicted octanol–water partition coefficient (Wildman–Crippen LogP) is 5.23. The first-order valence-corrected chi connectivity index (χ1v) is 12.5. The third-order valence-electron chi connectivity index (χ3n) is 6.14. The Bertz CT molecular complexity index is 1050. The van der Waals surface area contributed by atoms with E-state index in [9.17, 15) is 9.59 Å². The van der Waals surface area contributed by atoms with Crippen molar-refractivity contribution in [2.24, 2.45) is 5.92 Å². The van der Waals surface area contributed by atoms with Crippen LogP contribution in [0.4, 0.5) is 10.5 Å². The van der Waals surface area contributed by atoms with Crippen molar-refractivity contribution in [3.8, 4) is 0 Å². The highest BCUT2D eigenvalue weighted by molar-refractivity contribution is 7.10.